The van der Waals surface area contributed by atoms with Crippen molar-refractivity contribution in [3.8, 4) is 5.75 Å². The first kappa shape index (κ1) is 11.0. The molecule has 0 aliphatic heterocycles. The molecule has 0 aromatic heterocycles. The molecular formula is C9H8BrFO3. The maximum atomic E-state index is 13.4. The molecule has 0 aliphatic rings. The van der Waals surface area contributed by atoms with Gasteiger partial charge in [0.2, 0.25) is 0 Å². The van der Waals surface area contributed by atoms with Crippen molar-refractivity contribution in [3.63, 3.8) is 0 Å². The van der Waals surface area contributed by atoms with Crippen molar-refractivity contribution in [1.82, 2.24) is 0 Å². The number of benzene rings is 1. The highest BCUT2D eigenvalue weighted by Crippen LogP contribution is 2.27. The number of carbonyl (C=O) groups is 1. The smallest absolute Gasteiger partial charge is 0.308 e. The van der Waals surface area contributed by atoms with Gasteiger partial charge in [-0.2, -0.15) is 0 Å². The zero-order valence-electron chi connectivity index (χ0n) is 7.38. The molecule has 0 bridgehead atoms. The van der Waals surface area contributed by atoms with Crippen molar-refractivity contribution in [1.29, 1.82) is 0 Å². The molecule has 0 fully saturated rings. The fourth-order valence-corrected chi connectivity index (χ4v) is 1.45. The van der Waals surface area contributed by atoms with Crippen LogP contribution >= 0.6 is 15.9 Å². The van der Waals surface area contributed by atoms with Gasteiger partial charge in [-0.25, -0.2) is 4.39 Å². The van der Waals surface area contributed by atoms with Crippen molar-refractivity contribution in [2.75, 3.05) is 7.11 Å². The van der Waals surface area contributed by atoms with E-state index in [1.165, 1.54) is 19.2 Å². The largest absolute Gasteiger partial charge is 0.496 e. The molecule has 5 heteroatoms. The van der Waals surface area contributed by atoms with E-state index in [1.54, 1.807) is 0 Å². The number of carboxylic acid groups (broad SMARTS) is 1. The first-order valence-corrected chi connectivity index (χ1v) is 4.58. The molecular weight excluding hydrogens is 255 g/mol. The monoisotopic (exact) mass is 262 g/mol. The Kier molecular flexibility index (Phi) is 3.46. The summed E-state index contributed by atoms with van der Waals surface area (Å²) in [7, 11) is 1.37. The van der Waals surface area contributed by atoms with Gasteiger partial charge < -0.3 is 9.84 Å². The van der Waals surface area contributed by atoms with E-state index in [9.17, 15) is 9.18 Å². The molecule has 3 nitrogen and oxygen atoms in total. The lowest BCUT2D eigenvalue weighted by Crippen LogP contribution is -2.05. The fourth-order valence-electron chi connectivity index (χ4n) is 1.08. The van der Waals surface area contributed by atoms with Crippen molar-refractivity contribution in [2.45, 2.75) is 6.42 Å². The van der Waals surface area contributed by atoms with E-state index in [-0.39, 0.29) is 15.8 Å². The van der Waals surface area contributed by atoms with Gasteiger partial charge in [0.05, 0.1) is 18.0 Å². The van der Waals surface area contributed by atoms with Gasteiger partial charge in [0, 0.05) is 5.56 Å². The third-order valence-corrected chi connectivity index (χ3v) is 2.31. The molecule has 0 saturated carbocycles. The lowest BCUT2D eigenvalue weighted by atomic mass is 10.1. The highest BCUT2D eigenvalue weighted by atomic mass is 79.9. The molecule has 0 spiro atoms. The lowest BCUT2D eigenvalue weighted by Gasteiger charge is -2.08. The van der Waals surface area contributed by atoms with Crippen molar-refractivity contribution >= 4 is 21.9 Å². The average molecular weight is 263 g/mol. The zero-order chi connectivity index (χ0) is 10.7. The first-order valence-electron chi connectivity index (χ1n) is 3.79. The summed E-state index contributed by atoms with van der Waals surface area (Å²) >= 11 is 2.98. The SMILES string of the molecule is COc1ccc(Br)c(F)c1CC(=O)O. The second-order valence-corrected chi connectivity index (χ2v) is 3.47. The van der Waals surface area contributed by atoms with E-state index in [0.717, 1.165) is 0 Å². The number of hydrogen-bond acceptors (Lipinski definition) is 2. The van der Waals surface area contributed by atoms with Crippen LogP contribution in [0.1, 0.15) is 5.56 Å². The number of hydrogen-bond donors (Lipinski definition) is 1. The van der Waals surface area contributed by atoms with Crippen LogP contribution in [-0.4, -0.2) is 18.2 Å². The van der Waals surface area contributed by atoms with Crippen LogP contribution < -0.4 is 4.74 Å². The van der Waals surface area contributed by atoms with Crippen molar-refractivity contribution < 1.29 is 19.0 Å². The Morgan fingerprint density at radius 3 is 2.79 bits per heavy atom. The Labute approximate surface area is 88.6 Å². The van der Waals surface area contributed by atoms with Gasteiger partial charge in [0.25, 0.3) is 0 Å². The Morgan fingerprint density at radius 2 is 2.29 bits per heavy atom. The number of methoxy groups -OCH3 is 1. The van der Waals surface area contributed by atoms with Crippen LogP contribution in [0.3, 0.4) is 0 Å². The molecule has 0 atom stereocenters. The lowest BCUT2D eigenvalue weighted by molar-refractivity contribution is -0.136. The summed E-state index contributed by atoms with van der Waals surface area (Å²) in [4.78, 5) is 10.5. The zero-order valence-corrected chi connectivity index (χ0v) is 8.97. The second kappa shape index (κ2) is 4.41. The summed E-state index contributed by atoms with van der Waals surface area (Å²) in [5.41, 5.74) is 0.0503. The predicted octanol–water partition coefficient (Wildman–Crippen LogP) is 2.22. The van der Waals surface area contributed by atoms with Crippen molar-refractivity contribution in [3.05, 3.63) is 28.0 Å². The fraction of sp³-hybridized carbons (Fsp3) is 0.222. The molecule has 1 aromatic rings. The quantitative estimate of drug-likeness (QED) is 0.909. The molecule has 0 heterocycles. The highest BCUT2D eigenvalue weighted by Gasteiger charge is 2.15. The molecule has 0 amide bonds. The van der Waals surface area contributed by atoms with Crippen LogP contribution in [0.15, 0.2) is 16.6 Å². The number of carboxylic acids is 1. The van der Waals surface area contributed by atoms with E-state index in [0.29, 0.717) is 0 Å². The third kappa shape index (κ3) is 2.23. The summed E-state index contributed by atoms with van der Waals surface area (Å²) in [6.07, 6.45) is -0.394. The summed E-state index contributed by atoms with van der Waals surface area (Å²) in [6, 6.07) is 2.99. The number of ether oxygens (including phenoxy) is 1. The Balaban J connectivity index is 3.20. The summed E-state index contributed by atoms with van der Waals surface area (Å²) in [5.74, 6) is -1.44. The Hall–Kier alpha value is -1.10. The minimum Gasteiger partial charge on any atom is -0.496 e. The van der Waals surface area contributed by atoms with Crippen molar-refractivity contribution in [2.24, 2.45) is 0 Å². The van der Waals surface area contributed by atoms with Gasteiger partial charge in [-0.1, -0.05) is 0 Å². The molecule has 0 aliphatic carbocycles. The molecule has 0 saturated heterocycles. The van der Waals surface area contributed by atoms with Crippen LogP contribution in [0.4, 0.5) is 4.39 Å². The van der Waals surface area contributed by atoms with Gasteiger partial charge in [0.1, 0.15) is 11.6 Å². The number of aliphatic carboxylic acids is 1. The highest BCUT2D eigenvalue weighted by molar-refractivity contribution is 9.10. The van der Waals surface area contributed by atoms with Gasteiger partial charge in [-0.05, 0) is 28.1 Å². The first-order chi connectivity index (χ1) is 6.56. The minimum absolute atomic E-state index is 0.0503. The van der Waals surface area contributed by atoms with Crippen LogP contribution in [0.5, 0.6) is 5.75 Å². The van der Waals surface area contributed by atoms with Gasteiger partial charge in [-0.15, -0.1) is 0 Å². The minimum atomic E-state index is -1.10. The van der Waals surface area contributed by atoms with Gasteiger partial charge >= 0.3 is 5.97 Å². The average Bonchev–Trinajstić information content (AvgIpc) is 2.13. The van der Waals surface area contributed by atoms with Crippen LogP contribution in [0, 0.1) is 5.82 Å². The Bertz CT molecular complexity index is 365. The normalized spacial score (nSPS) is 9.93. The third-order valence-electron chi connectivity index (χ3n) is 1.70. The topological polar surface area (TPSA) is 46.5 Å². The molecule has 1 rings (SSSR count). The summed E-state index contributed by atoms with van der Waals surface area (Å²) < 4.78 is 18.5. The Morgan fingerprint density at radius 1 is 1.64 bits per heavy atom. The summed E-state index contributed by atoms with van der Waals surface area (Å²) in [5, 5.41) is 8.56. The maximum absolute atomic E-state index is 13.4. The van der Waals surface area contributed by atoms with E-state index in [2.05, 4.69) is 15.9 Å². The molecule has 76 valence electrons. The van der Waals surface area contributed by atoms with Crippen LogP contribution in [0.2, 0.25) is 0 Å². The van der Waals surface area contributed by atoms with Gasteiger partial charge in [-0.3, -0.25) is 4.79 Å². The molecule has 0 unspecified atom stereocenters. The van der Waals surface area contributed by atoms with Crippen LogP contribution in [-0.2, 0) is 11.2 Å². The molecule has 1 N–H and O–H groups in total. The molecule has 1 aromatic carbocycles. The maximum Gasteiger partial charge on any atom is 0.308 e. The van der Waals surface area contributed by atoms with E-state index in [1.807, 2.05) is 0 Å². The molecule has 0 radical (unpaired) electrons. The van der Waals surface area contributed by atoms with Gasteiger partial charge in [0.15, 0.2) is 0 Å². The van der Waals surface area contributed by atoms with Crippen LogP contribution in [0.25, 0.3) is 0 Å². The van der Waals surface area contributed by atoms with E-state index in [4.69, 9.17) is 9.84 Å². The number of halogens is 2. The second-order valence-electron chi connectivity index (χ2n) is 2.61. The van der Waals surface area contributed by atoms with E-state index >= 15 is 0 Å². The molecule has 14 heavy (non-hydrogen) atoms. The van der Waals surface area contributed by atoms with E-state index < -0.39 is 18.2 Å². The standard InChI is InChI=1S/C9H8BrFO3/c1-14-7-3-2-6(10)9(11)5(7)4-8(12)13/h2-3H,4H2,1H3,(H,12,13). The summed E-state index contributed by atoms with van der Waals surface area (Å²) in [6.45, 7) is 0. The number of rotatable bonds is 3. The predicted molar refractivity (Wildman–Crippen MR) is 52.0 cm³/mol.